The van der Waals surface area contributed by atoms with Gasteiger partial charge in [-0.05, 0) is 29.8 Å². The molecule has 0 saturated heterocycles. The Balaban J connectivity index is 2.47. The van der Waals surface area contributed by atoms with Crippen LogP contribution >= 0.6 is 0 Å². The first-order valence-corrected chi connectivity index (χ1v) is 6.60. The molecule has 3 nitrogen and oxygen atoms in total. The highest BCUT2D eigenvalue weighted by Crippen LogP contribution is 2.55. The molecule has 1 unspecified atom stereocenters. The number of benzene rings is 1. The maximum Gasteiger partial charge on any atom is 0.403 e. The maximum atomic E-state index is 14.0. The van der Waals surface area contributed by atoms with Gasteiger partial charge in [0.1, 0.15) is 16.9 Å². The number of hydrogen-bond donors (Lipinski definition) is 2. The molecule has 7 heteroatoms. The Morgan fingerprint density at radius 2 is 1.96 bits per heavy atom. The second-order valence-corrected chi connectivity index (χ2v) is 5.19. The number of aromatic nitrogens is 1. The van der Waals surface area contributed by atoms with E-state index >= 15 is 0 Å². The molecular formula is C16H10F4N2O. The van der Waals surface area contributed by atoms with Crippen LogP contribution in [0, 0.1) is 18.2 Å². The third-order valence-corrected chi connectivity index (χ3v) is 3.97. The van der Waals surface area contributed by atoms with E-state index in [4.69, 9.17) is 6.42 Å². The van der Waals surface area contributed by atoms with Crippen LogP contribution in [0.4, 0.5) is 28.9 Å². The standard InChI is InChI=1S/C16H10F4N2O/c1-2-6-15(16(18,19)20)10-5-7-21-14(23)13(10)22-12-4-3-9(17)8-11(12)15/h1,3-5,7-8,22H,6H2,(H,21,23). The van der Waals surface area contributed by atoms with Crippen LogP contribution in [-0.2, 0) is 5.41 Å². The summed E-state index contributed by atoms with van der Waals surface area (Å²) in [6.45, 7) is 0. The van der Waals surface area contributed by atoms with Crippen molar-refractivity contribution in [3.8, 4) is 12.3 Å². The van der Waals surface area contributed by atoms with E-state index in [-0.39, 0.29) is 22.5 Å². The molecular weight excluding hydrogens is 312 g/mol. The lowest BCUT2D eigenvalue weighted by molar-refractivity contribution is -0.176. The summed E-state index contributed by atoms with van der Waals surface area (Å²) in [6.07, 6.45) is 0.739. The van der Waals surface area contributed by atoms with Crippen molar-refractivity contribution in [2.45, 2.75) is 18.0 Å². The van der Waals surface area contributed by atoms with Gasteiger partial charge in [-0.15, -0.1) is 12.3 Å². The highest BCUT2D eigenvalue weighted by Gasteiger charge is 2.60. The second-order valence-electron chi connectivity index (χ2n) is 5.19. The van der Waals surface area contributed by atoms with Gasteiger partial charge in [-0.25, -0.2) is 4.39 Å². The van der Waals surface area contributed by atoms with Gasteiger partial charge in [0, 0.05) is 23.9 Å². The number of anilines is 2. The number of nitrogens with one attached hydrogen (secondary N) is 2. The zero-order valence-corrected chi connectivity index (χ0v) is 11.6. The van der Waals surface area contributed by atoms with Crippen LogP contribution in [0.15, 0.2) is 35.3 Å². The number of hydrogen-bond acceptors (Lipinski definition) is 2. The van der Waals surface area contributed by atoms with Gasteiger partial charge in [0.15, 0.2) is 0 Å². The van der Waals surface area contributed by atoms with Crippen LogP contribution in [0.5, 0.6) is 0 Å². The lowest BCUT2D eigenvalue weighted by Gasteiger charge is -2.40. The fraction of sp³-hybridized carbons (Fsp3) is 0.188. The molecule has 118 valence electrons. The van der Waals surface area contributed by atoms with E-state index in [0.717, 1.165) is 30.5 Å². The average Bonchev–Trinajstić information content (AvgIpc) is 2.47. The minimum absolute atomic E-state index is 0.00294. The van der Waals surface area contributed by atoms with E-state index in [1.54, 1.807) is 0 Å². The minimum atomic E-state index is -4.81. The molecule has 3 rings (SSSR count). The summed E-state index contributed by atoms with van der Waals surface area (Å²) in [5, 5.41) is 2.64. The smallest absolute Gasteiger partial charge is 0.351 e. The quantitative estimate of drug-likeness (QED) is 0.624. The highest BCUT2D eigenvalue weighted by atomic mass is 19.4. The Kier molecular flexibility index (Phi) is 3.22. The van der Waals surface area contributed by atoms with Crippen LogP contribution < -0.4 is 10.9 Å². The fourth-order valence-electron chi connectivity index (χ4n) is 2.97. The van der Waals surface area contributed by atoms with Gasteiger partial charge in [0.2, 0.25) is 0 Å². The summed E-state index contributed by atoms with van der Waals surface area (Å²) >= 11 is 0. The first-order valence-electron chi connectivity index (χ1n) is 6.60. The topological polar surface area (TPSA) is 44.9 Å². The summed E-state index contributed by atoms with van der Waals surface area (Å²) in [4.78, 5) is 14.3. The maximum absolute atomic E-state index is 14.0. The molecule has 2 aromatic rings. The van der Waals surface area contributed by atoms with Gasteiger partial charge < -0.3 is 10.3 Å². The lowest BCUT2D eigenvalue weighted by Crippen LogP contribution is -2.47. The molecule has 2 heterocycles. The molecule has 0 radical (unpaired) electrons. The number of H-pyrrole nitrogens is 1. The third kappa shape index (κ3) is 2.02. The monoisotopic (exact) mass is 322 g/mol. The van der Waals surface area contributed by atoms with Crippen molar-refractivity contribution < 1.29 is 17.6 Å². The molecule has 0 spiro atoms. The van der Waals surface area contributed by atoms with E-state index in [1.165, 1.54) is 0 Å². The molecule has 0 amide bonds. The molecule has 0 aliphatic carbocycles. The Labute approximate surface area is 128 Å². The summed E-state index contributed by atoms with van der Waals surface area (Å²) in [7, 11) is 0. The molecule has 23 heavy (non-hydrogen) atoms. The first-order chi connectivity index (χ1) is 10.8. The molecule has 0 saturated carbocycles. The van der Waals surface area contributed by atoms with Crippen molar-refractivity contribution in [3.63, 3.8) is 0 Å². The molecule has 1 aromatic carbocycles. The van der Waals surface area contributed by atoms with Gasteiger partial charge in [0.05, 0.1) is 0 Å². The van der Waals surface area contributed by atoms with E-state index < -0.39 is 29.4 Å². The van der Waals surface area contributed by atoms with E-state index in [1.807, 2.05) is 5.92 Å². The van der Waals surface area contributed by atoms with Gasteiger partial charge >= 0.3 is 6.18 Å². The zero-order valence-electron chi connectivity index (χ0n) is 11.6. The summed E-state index contributed by atoms with van der Waals surface area (Å²) in [5.41, 5.74) is -4.23. The summed E-state index contributed by atoms with van der Waals surface area (Å²) < 4.78 is 55.7. The Morgan fingerprint density at radius 1 is 1.22 bits per heavy atom. The van der Waals surface area contributed by atoms with Crippen LogP contribution in [0.2, 0.25) is 0 Å². The Hall–Kier alpha value is -2.75. The molecule has 1 aliphatic heterocycles. The number of rotatable bonds is 1. The largest absolute Gasteiger partial charge is 0.403 e. The van der Waals surface area contributed by atoms with E-state index in [9.17, 15) is 22.4 Å². The Morgan fingerprint density at radius 3 is 2.61 bits per heavy atom. The molecule has 1 aromatic heterocycles. The van der Waals surface area contributed by atoms with Crippen LogP contribution in [0.1, 0.15) is 17.5 Å². The number of pyridine rings is 1. The van der Waals surface area contributed by atoms with Crippen LogP contribution in [-0.4, -0.2) is 11.2 Å². The zero-order chi connectivity index (χ0) is 16.8. The summed E-state index contributed by atoms with van der Waals surface area (Å²) in [6, 6.07) is 4.13. The molecule has 0 fully saturated rings. The third-order valence-electron chi connectivity index (χ3n) is 3.97. The van der Waals surface area contributed by atoms with Crippen molar-refractivity contribution in [1.82, 2.24) is 4.98 Å². The van der Waals surface area contributed by atoms with Crippen molar-refractivity contribution in [1.29, 1.82) is 0 Å². The van der Waals surface area contributed by atoms with E-state index in [0.29, 0.717) is 0 Å². The van der Waals surface area contributed by atoms with Crippen molar-refractivity contribution >= 4 is 11.4 Å². The number of alkyl halides is 3. The molecule has 2 N–H and O–H groups in total. The number of aromatic amines is 1. The minimum Gasteiger partial charge on any atom is -0.351 e. The molecule has 0 bridgehead atoms. The van der Waals surface area contributed by atoms with Gasteiger partial charge in [-0.3, -0.25) is 4.79 Å². The van der Waals surface area contributed by atoms with Crippen molar-refractivity contribution in [3.05, 3.63) is 57.8 Å². The van der Waals surface area contributed by atoms with E-state index in [2.05, 4.69) is 10.3 Å². The predicted octanol–water partition coefficient (Wildman–Crippen LogP) is 3.44. The fourth-order valence-corrected chi connectivity index (χ4v) is 2.97. The van der Waals surface area contributed by atoms with Gasteiger partial charge in [0.25, 0.3) is 5.56 Å². The number of terminal acetylenes is 1. The van der Waals surface area contributed by atoms with Crippen LogP contribution in [0.3, 0.4) is 0 Å². The predicted molar refractivity (Wildman–Crippen MR) is 77.0 cm³/mol. The number of fused-ring (bicyclic) bond motifs is 2. The van der Waals surface area contributed by atoms with Gasteiger partial charge in [-0.1, -0.05) is 0 Å². The molecule has 1 aliphatic rings. The Bertz CT molecular complexity index is 879. The second kappa shape index (κ2) is 4.88. The lowest BCUT2D eigenvalue weighted by atomic mass is 9.68. The molecule has 1 atom stereocenters. The average molecular weight is 322 g/mol. The summed E-state index contributed by atoms with van der Waals surface area (Å²) in [5.74, 6) is 1.21. The SMILES string of the molecule is C#CCC1(C(F)(F)F)c2cc(F)ccc2Nc2c1cc[nH]c2=O. The normalized spacial score (nSPS) is 19.3. The highest BCUT2D eigenvalue weighted by molar-refractivity contribution is 5.76. The van der Waals surface area contributed by atoms with Gasteiger partial charge in [-0.2, -0.15) is 13.2 Å². The van der Waals surface area contributed by atoms with Crippen molar-refractivity contribution in [2.24, 2.45) is 0 Å². The van der Waals surface area contributed by atoms with Crippen molar-refractivity contribution in [2.75, 3.05) is 5.32 Å². The first kappa shape index (κ1) is 15.2. The number of halogens is 4. The van der Waals surface area contributed by atoms with Crippen LogP contribution in [0.25, 0.3) is 0 Å².